The van der Waals surface area contributed by atoms with Crippen LogP contribution in [0.5, 0.6) is 0 Å². The van der Waals surface area contributed by atoms with Gasteiger partial charge in [0.2, 0.25) is 0 Å². The van der Waals surface area contributed by atoms with E-state index in [1.54, 1.807) is 0 Å². The molecule has 1 aromatic rings. The number of pyridine rings is 1. The van der Waals surface area contributed by atoms with Crippen LogP contribution in [0, 0.1) is 5.92 Å². The second-order valence-corrected chi connectivity index (χ2v) is 4.24. The molecular weight excluding hydrogens is 245 g/mol. The highest BCUT2D eigenvalue weighted by atomic mass is 19.4. The van der Waals surface area contributed by atoms with E-state index in [4.69, 9.17) is 5.11 Å². The van der Waals surface area contributed by atoms with E-state index in [-0.39, 0.29) is 24.8 Å². The number of nitrogens with zero attached hydrogens (tertiary/aromatic N) is 1. The van der Waals surface area contributed by atoms with E-state index in [1.807, 2.05) is 6.92 Å². The van der Waals surface area contributed by atoms with E-state index in [0.717, 1.165) is 6.07 Å². The van der Waals surface area contributed by atoms with Gasteiger partial charge in [-0.2, -0.15) is 13.2 Å². The Kier molecular flexibility index (Phi) is 5.55. The van der Waals surface area contributed by atoms with Crippen molar-refractivity contribution in [3.63, 3.8) is 0 Å². The molecular formula is C12H17F3N2O. The molecule has 1 rings (SSSR count). The third kappa shape index (κ3) is 4.62. The Morgan fingerprint density at radius 1 is 1.44 bits per heavy atom. The summed E-state index contributed by atoms with van der Waals surface area (Å²) in [7, 11) is 0. The smallest absolute Gasteiger partial charge is 0.396 e. The number of alkyl halides is 3. The summed E-state index contributed by atoms with van der Waals surface area (Å²) in [4.78, 5) is 3.76. The summed E-state index contributed by atoms with van der Waals surface area (Å²) < 4.78 is 38.0. The van der Waals surface area contributed by atoms with Crippen molar-refractivity contribution >= 4 is 0 Å². The average Bonchev–Trinajstić information content (AvgIpc) is 2.28. The number of aliphatic hydroxyl groups excluding tert-OH is 1. The van der Waals surface area contributed by atoms with Crippen molar-refractivity contribution in [2.45, 2.75) is 26.1 Å². The molecule has 1 atom stereocenters. The van der Waals surface area contributed by atoms with Crippen molar-refractivity contribution in [2.24, 2.45) is 5.92 Å². The summed E-state index contributed by atoms with van der Waals surface area (Å²) >= 11 is 0. The maximum Gasteiger partial charge on any atom is 0.418 e. The molecule has 0 fully saturated rings. The Bertz CT molecular complexity index is 369. The van der Waals surface area contributed by atoms with Crippen LogP contribution in [0.4, 0.5) is 13.2 Å². The Labute approximate surface area is 104 Å². The zero-order valence-electron chi connectivity index (χ0n) is 10.2. The Morgan fingerprint density at radius 2 is 2.17 bits per heavy atom. The van der Waals surface area contributed by atoms with Gasteiger partial charge in [-0.3, -0.25) is 4.98 Å². The lowest BCUT2D eigenvalue weighted by atomic mass is 10.1. The van der Waals surface area contributed by atoms with E-state index in [0.29, 0.717) is 13.0 Å². The number of aliphatic hydroxyl groups is 1. The van der Waals surface area contributed by atoms with Crippen LogP contribution in [0.1, 0.15) is 24.6 Å². The first-order chi connectivity index (χ1) is 8.45. The zero-order valence-corrected chi connectivity index (χ0v) is 10.2. The lowest BCUT2D eigenvalue weighted by Crippen LogP contribution is -2.24. The van der Waals surface area contributed by atoms with Gasteiger partial charge < -0.3 is 10.4 Å². The van der Waals surface area contributed by atoms with Crippen LogP contribution in [-0.4, -0.2) is 23.2 Å². The Balaban J connectivity index is 2.57. The van der Waals surface area contributed by atoms with Gasteiger partial charge in [-0.05, 0) is 31.0 Å². The number of halogens is 3. The van der Waals surface area contributed by atoms with Crippen LogP contribution in [-0.2, 0) is 12.7 Å². The van der Waals surface area contributed by atoms with Gasteiger partial charge in [-0.15, -0.1) is 0 Å². The van der Waals surface area contributed by atoms with E-state index in [9.17, 15) is 13.2 Å². The van der Waals surface area contributed by atoms with Crippen molar-refractivity contribution in [1.29, 1.82) is 0 Å². The van der Waals surface area contributed by atoms with Crippen LogP contribution < -0.4 is 5.32 Å². The van der Waals surface area contributed by atoms with E-state index >= 15 is 0 Å². The summed E-state index contributed by atoms with van der Waals surface area (Å²) in [6.07, 6.45) is -2.40. The van der Waals surface area contributed by atoms with Crippen molar-refractivity contribution < 1.29 is 18.3 Å². The lowest BCUT2D eigenvalue weighted by molar-refractivity contribution is -0.138. The molecule has 0 aliphatic heterocycles. The van der Waals surface area contributed by atoms with Crippen molar-refractivity contribution in [3.8, 4) is 0 Å². The summed E-state index contributed by atoms with van der Waals surface area (Å²) in [5.41, 5.74) is -0.700. The second-order valence-electron chi connectivity index (χ2n) is 4.24. The molecule has 1 aromatic heterocycles. The van der Waals surface area contributed by atoms with Crippen LogP contribution in [0.2, 0.25) is 0 Å². The van der Waals surface area contributed by atoms with Gasteiger partial charge in [0.15, 0.2) is 0 Å². The highest BCUT2D eigenvalue weighted by Crippen LogP contribution is 2.30. The summed E-state index contributed by atoms with van der Waals surface area (Å²) in [6.45, 7) is 2.63. The normalized spacial score (nSPS) is 13.6. The monoisotopic (exact) mass is 262 g/mol. The fourth-order valence-corrected chi connectivity index (χ4v) is 1.60. The van der Waals surface area contributed by atoms with Crippen LogP contribution >= 0.6 is 0 Å². The molecule has 0 amide bonds. The third-order valence-electron chi connectivity index (χ3n) is 2.60. The van der Waals surface area contributed by atoms with Crippen LogP contribution in [0.25, 0.3) is 0 Å². The van der Waals surface area contributed by atoms with Crippen LogP contribution in [0.3, 0.4) is 0 Å². The van der Waals surface area contributed by atoms with Gasteiger partial charge in [0.05, 0.1) is 11.3 Å². The number of aromatic nitrogens is 1. The molecule has 0 aliphatic carbocycles. The third-order valence-corrected chi connectivity index (χ3v) is 2.60. The first-order valence-electron chi connectivity index (χ1n) is 5.77. The zero-order chi connectivity index (χ0) is 13.6. The molecule has 3 nitrogen and oxygen atoms in total. The molecule has 1 heterocycles. The first-order valence-corrected chi connectivity index (χ1v) is 5.77. The highest BCUT2D eigenvalue weighted by Gasteiger charge is 2.33. The molecule has 0 radical (unpaired) electrons. The molecule has 0 bridgehead atoms. The predicted molar refractivity (Wildman–Crippen MR) is 61.8 cm³/mol. The van der Waals surface area contributed by atoms with E-state index < -0.39 is 11.7 Å². The quantitative estimate of drug-likeness (QED) is 0.826. The van der Waals surface area contributed by atoms with E-state index in [2.05, 4.69) is 10.3 Å². The van der Waals surface area contributed by atoms with Crippen molar-refractivity contribution in [1.82, 2.24) is 10.3 Å². The number of nitrogens with one attached hydrogen (secondary N) is 1. The SMILES string of the molecule is CC(CCO)CNCc1ncccc1C(F)(F)F. The first kappa shape index (κ1) is 14.9. The molecule has 102 valence electrons. The van der Waals surface area contributed by atoms with Gasteiger partial charge >= 0.3 is 6.18 Å². The molecule has 0 saturated heterocycles. The molecule has 0 aliphatic rings. The van der Waals surface area contributed by atoms with Crippen molar-refractivity contribution in [2.75, 3.05) is 13.2 Å². The highest BCUT2D eigenvalue weighted by molar-refractivity contribution is 5.22. The predicted octanol–water partition coefficient (Wildman–Crippen LogP) is 2.21. The number of hydrogen-bond acceptors (Lipinski definition) is 3. The average molecular weight is 262 g/mol. The van der Waals surface area contributed by atoms with Gasteiger partial charge in [-0.25, -0.2) is 0 Å². The maximum absolute atomic E-state index is 12.7. The maximum atomic E-state index is 12.7. The van der Waals surface area contributed by atoms with Gasteiger partial charge in [0.1, 0.15) is 0 Å². The van der Waals surface area contributed by atoms with Crippen LogP contribution in [0.15, 0.2) is 18.3 Å². The fraction of sp³-hybridized carbons (Fsp3) is 0.583. The summed E-state index contributed by atoms with van der Waals surface area (Å²) in [5.74, 6) is 0.216. The van der Waals surface area contributed by atoms with E-state index in [1.165, 1.54) is 12.3 Å². The molecule has 0 aromatic carbocycles. The minimum Gasteiger partial charge on any atom is -0.396 e. The Hall–Kier alpha value is -1.14. The largest absolute Gasteiger partial charge is 0.418 e. The standard InChI is InChI=1S/C12H17F3N2O/c1-9(4-6-18)7-16-8-11-10(12(13,14)15)3-2-5-17-11/h2-3,5,9,16,18H,4,6-8H2,1H3. The Morgan fingerprint density at radius 3 is 2.78 bits per heavy atom. The molecule has 0 spiro atoms. The molecule has 0 saturated carbocycles. The van der Waals surface area contributed by atoms with Gasteiger partial charge in [-0.1, -0.05) is 6.92 Å². The summed E-state index contributed by atoms with van der Waals surface area (Å²) in [6, 6.07) is 2.31. The lowest BCUT2D eigenvalue weighted by Gasteiger charge is -2.14. The topological polar surface area (TPSA) is 45.1 Å². The molecule has 2 N–H and O–H groups in total. The minimum absolute atomic E-state index is 0.00111. The van der Waals surface area contributed by atoms with Crippen molar-refractivity contribution in [3.05, 3.63) is 29.6 Å². The second kappa shape index (κ2) is 6.70. The number of hydrogen-bond donors (Lipinski definition) is 2. The van der Waals surface area contributed by atoms with Gasteiger partial charge in [0, 0.05) is 19.3 Å². The summed E-state index contributed by atoms with van der Waals surface area (Å²) in [5, 5.41) is 11.6. The molecule has 6 heteroatoms. The molecule has 18 heavy (non-hydrogen) atoms. The minimum atomic E-state index is -4.37. The van der Waals surface area contributed by atoms with Gasteiger partial charge in [0.25, 0.3) is 0 Å². The number of rotatable bonds is 6. The fourth-order valence-electron chi connectivity index (χ4n) is 1.60. The molecule has 1 unspecified atom stereocenters.